The number of rotatable bonds is 7. The lowest BCUT2D eigenvalue weighted by Crippen LogP contribution is -2.27. The Labute approximate surface area is 108 Å². The highest BCUT2D eigenvalue weighted by molar-refractivity contribution is 5.97. The molecule has 0 N–H and O–H groups in total. The lowest BCUT2D eigenvalue weighted by atomic mass is 10.00. The fraction of sp³-hybridized carbons (Fsp3) is 0.692. The summed E-state index contributed by atoms with van der Waals surface area (Å²) in [5.74, 6) is 0.519. The molecule has 0 aliphatic rings. The van der Waals surface area contributed by atoms with Gasteiger partial charge in [-0.05, 0) is 20.3 Å². The summed E-state index contributed by atoms with van der Waals surface area (Å²) in [4.78, 5) is 12.3. The summed E-state index contributed by atoms with van der Waals surface area (Å²) in [5, 5.41) is 4.18. The molecule has 1 aromatic heterocycles. The normalized spacial score (nSPS) is 11.6. The zero-order chi connectivity index (χ0) is 13.8. The lowest BCUT2D eigenvalue weighted by Gasteiger charge is -2.22. The van der Waals surface area contributed by atoms with Crippen LogP contribution in [0.15, 0.2) is 6.20 Å². The minimum Gasteiger partial charge on any atom is -0.493 e. The Hall–Kier alpha value is -1.36. The molecular weight excluding hydrogens is 232 g/mol. The summed E-state index contributed by atoms with van der Waals surface area (Å²) >= 11 is 0. The van der Waals surface area contributed by atoms with E-state index < -0.39 is 5.60 Å². The van der Waals surface area contributed by atoms with E-state index in [9.17, 15) is 4.79 Å². The number of carbonyl (C=O) groups excluding carboxylic acids is 1. The first kappa shape index (κ1) is 14.7. The molecule has 1 aromatic rings. The molecule has 0 atom stereocenters. The molecular formula is C13H22N2O3. The van der Waals surface area contributed by atoms with E-state index in [0.29, 0.717) is 24.4 Å². The molecule has 0 fully saturated rings. The third kappa shape index (κ3) is 3.32. The zero-order valence-electron chi connectivity index (χ0n) is 11.8. The SMILES string of the molecule is CCCn1ncc(OC)c1C(=O)CC(C)(C)OC. The van der Waals surface area contributed by atoms with Crippen molar-refractivity contribution in [3.8, 4) is 5.75 Å². The molecule has 0 aliphatic carbocycles. The highest BCUT2D eigenvalue weighted by Gasteiger charge is 2.26. The maximum absolute atomic E-state index is 12.3. The van der Waals surface area contributed by atoms with Crippen LogP contribution in [0.4, 0.5) is 0 Å². The second-order valence-corrected chi connectivity index (χ2v) is 4.85. The molecule has 102 valence electrons. The molecule has 0 bridgehead atoms. The molecule has 0 saturated carbocycles. The Morgan fingerprint density at radius 3 is 2.61 bits per heavy atom. The number of carbonyl (C=O) groups is 1. The van der Waals surface area contributed by atoms with Gasteiger partial charge in [0, 0.05) is 20.1 Å². The predicted molar refractivity (Wildman–Crippen MR) is 69.1 cm³/mol. The van der Waals surface area contributed by atoms with Crippen LogP contribution in [0.5, 0.6) is 5.75 Å². The largest absolute Gasteiger partial charge is 0.493 e. The number of ether oxygens (including phenoxy) is 2. The summed E-state index contributed by atoms with van der Waals surface area (Å²) in [6.07, 6.45) is 2.80. The Balaban J connectivity index is 2.99. The van der Waals surface area contributed by atoms with Crippen LogP contribution >= 0.6 is 0 Å². The van der Waals surface area contributed by atoms with Crippen molar-refractivity contribution in [2.24, 2.45) is 0 Å². The number of aromatic nitrogens is 2. The number of hydrogen-bond donors (Lipinski definition) is 0. The highest BCUT2D eigenvalue weighted by atomic mass is 16.5. The van der Waals surface area contributed by atoms with Crippen molar-refractivity contribution in [2.75, 3.05) is 14.2 Å². The first-order valence-electron chi connectivity index (χ1n) is 6.13. The van der Waals surface area contributed by atoms with Gasteiger partial charge in [0.25, 0.3) is 0 Å². The monoisotopic (exact) mass is 254 g/mol. The molecule has 1 rings (SSSR count). The van der Waals surface area contributed by atoms with Gasteiger partial charge in [0.05, 0.1) is 18.9 Å². The average Bonchev–Trinajstić information content (AvgIpc) is 2.72. The number of hydrogen-bond acceptors (Lipinski definition) is 4. The van der Waals surface area contributed by atoms with E-state index >= 15 is 0 Å². The molecule has 1 heterocycles. The molecule has 0 saturated heterocycles. The third-order valence-electron chi connectivity index (χ3n) is 2.86. The van der Waals surface area contributed by atoms with Crippen LogP contribution in [0.3, 0.4) is 0 Å². The lowest BCUT2D eigenvalue weighted by molar-refractivity contribution is 0.0168. The summed E-state index contributed by atoms with van der Waals surface area (Å²) in [5.41, 5.74) is 0.0492. The summed E-state index contributed by atoms with van der Waals surface area (Å²) in [6, 6.07) is 0. The van der Waals surface area contributed by atoms with E-state index in [0.717, 1.165) is 6.42 Å². The van der Waals surface area contributed by atoms with E-state index in [2.05, 4.69) is 5.10 Å². The summed E-state index contributed by atoms with van der Waals surface area (Å²) < 4.78 is 12.2. The molecule has 0 amide bonds. The van der Waals surface area contributed by atoms with Gasteiger partial charge >= 0.3 is 0 Å². The van der Waals surface area contributed by atoms with E-state index in [1.807, 2.05) is 20.8 Å². The summed E-state index contributed by atoms with van der Waals surface area (Å²) in [6.45, 7) is 6.52. The van der Waals surface area contributed by atoms with Crippen molar-refractivity contribution in [3.63, 3.8) is 0 Å². The molecule has 0 aliphatic heterocycles. The molecule has 0 radical (unpaired) electrons. The van der Waals surface area contributed by atoms with E-state index in [4.69, 9.17) is 9.47 Å². The second kappa shape index (κ2) is 6.00. The van der Waals surface area contributed by atoms with Crippen LogP contribution in [-0.4, -0.2) is 35.4 Å². The number of nitrogens with zero attached hydrogens (tertiary/aromatic N) is 2. The first-order chi connectivity index (χ1) is 8.45. The van der Waals surface area contributed by atoms with Crippen molar-refractivity contribution in [1.82, 2.24) is 9.78 Å². The zero-order valence-corrected chi connectivity index (χ0v) is 11.8. The topological polar surface area (TPSA) is 53.4 Å². The van der Waals surface area contributed by atoms with Gasteiger partial charge in [-0.2, -0.15) is 5.10 Å². The Bertz CT molecular complexity index is 410. The Kier molecular flexibility index (Phi) is 4.90. The number of Topliss-reactive ketones (excluding diaryl/α,β-unsaturated/α-hetero) is 1. The Morgan fingerprint density at radius 1 is 1.44 bits per heavy atom. The maximum atomic E-state index is 12.3. The van der Waals surface area contributed by atoms with Crippen molar-refractivity contribution < 1.29 is 14.3 Å². The molecule has 18 heavy (non-hydrogen) atoms. The predicted octanol–water partition coefficient (Wildman–Crippen LogP) is 2.30. The smallest absolute Gasteiger partial charge is 0.187 e. The molecule has 5 nitrogen and oxygen atoms in total. The van der Waals surface area contributed by atoms with Crippen molar-refractivity contribution >= 4 is 5.78 Å². The fourth-order valence-electron chi connectivity index (χ4n) is 1.72. The minimum absolute atomic E-state index is 0.00958. The van der Waals surface area contributed by atoms with E-state index in [-0.39, 0.29) is 5.78 Å². The van der Waals surface area contributed by atoms with Gasteiger partial charge in [0.2, 0.25) is 0 Å². The number of ketones is 1. The van der Waals surface area contributed by atoms with Gasteiger partial charge < -0.3 is 9.47 Å². The highest BCUT2D eigenvalue weighted by Crippen LogP contribution is 2.23. The van der Waals surface area contributed by atoms with Crippen molar-refractivity contribution in [3.05, 3.63) is 11.9 Å². The third-order valence-corrected chi connectivity index (χ3v) is 2.86. The van der Waals surface area contributed by atoms with E-state index in [1.54, 1.807) is 25.1 Å². The molecule has 0 spiro atoms. The number of methoxy groups -OCH3 is 2. The van der Waals surface area contributed by atoms with Crippen molar-refractivity contribution in [2.45, 2.75) is 45.8 Å². The van der Waals surface area contributed by atoms with Crippen molar-refractivity contribution in [1.29, 1.82) is 0 Å². The maximum Gasteiger partial charge on any atom is 0.187 e. The summed E-state index contributed by atoms with van der Waals surface area (Å²) in [7, 11) is 3.15. The standard InChI is InChI=1S/C13H22N2O3/c1-6-7-15-12(11(17-4)9-14-15)10(16)8-13(2,3)18-5/h9H,6-8H2,1-5H3. The van der Waals surface area contributed by atoms with Gasteiger partial charge in [-0.25, -0.2) is 0 Å². The first-order valence-corrected chi connectivity index (χ1v) is 6.13. The van der Waals surface area contributed by atoms with Crippen LogP contribution in [0.2, 0.25) is 0 Å². The molecule has 5 heteroatoms. The van der Waals surface area contributed by atoms with Gasteiger partial charge in [-0.3, -0.25) is 9.48 Å². The molecule has 0 aromatic carbocycles. The van der Waals surface area contributed by atoms with Gasteiger partial charge in [-0.1, -0.05) is 6.92 Å². The van der Waals surface area contributed by atoms with Crippen LogP contribution in [-0.2, 0) is 11.3 Å². The van der Waals surface area contributed by atoms with Crippen LogP contribution in [0, 0.1) is 0 Å². The quantitative estimate of drug-likeness (QED) is 0.701. The molecule has 0 unspecified atom stereocenters. The van der Waals surface area contributed by atoms with E-state index in [1.165, 1.54) is 0 Å². The van der Waals surface area contributed by atoms with Gasteiger partial charge in [0.15, 0.2) is 11.5 Å². The van der Waals surface area contributed by atoms with Crippen LogP contribution < -0.4 is 4.74 Å². The van der Waals surface area contributed by atoms with Gasteiger partial charge in [0.1, 0.15) is 5.69 Å². The van der Waals surface area contributed by atoms with Crippen LogP contribution in [0.25, 0.3) is 0 Å². The average molecular weight is 254 g/mol. The minimum atomic E-state index is -0.483. The van der Waals surface area contributed by atoms with Crippen LogP contribution in [0.1, 0.15) is 44.1 Å². The fourth-order valence-corrected chi connectivity index (χ4v) is 1.72. The second-order valence-electron chi connectivity index (χ2n) is 4.85. The Morgan fingerprint density at radius 2 is 2.11 bits per heavy atom. The number of aryl methyl sites for hydroxylation is 1. The van der Waals surface area contributed by atoms with Gasteiger partial charge in [-0.15, -0.1) is 0 Å².